The molecule has 0 amide bonds. The van der Waals surface area contributed by atoms with Gasteiger partial charge in [0.15, 0.2) is 0 Å². The lowest BCUT2D eigenvalue weighted by atomic mass is 10.2. The third-order valence-corrected chi connectivity index (χ3v) is 8.96. The highest BCUT2D eigenvalue weighted by Gasteiger charge is 2.26. The predicted octanol–water partition coefficient (Wildman–Crippen LogP) is 4.56. The van der Waals surface area contributed by atoms with Crippen LogP contribution in [0, 0.1) is 5.82 Å². The molecular weight excluding hydrogens is 537 g/mol. The first-order valence-electron chi connectivity index (χ1n) is 12.3. The molecule has 39 heavy (non-hydrogen) atoms. The molecular formula is C28H28FN5O3S2. The standard InChI is InChI=1S/C28H28FN5O3S2/c1-32(2)25-11-3-21(4-12-25)19-30-34-27(22-5-7-23(29)8-6-22)20-38-28(34)31-24-9-13-26(14-10-24)39(35,36)33-15-17-37-18-16-33/h3-14,19-20H,15-18H2,1-2H3. The minimum absolute atomic E-state index is 0.216. The van der Waals surface area contributed by atoms with Gasteiger partial charge in [0, 0.05) is 43.8 Å². The second kappa shape index (κ2) is 11.6. The molecule has 0 radical (unpaired) electrons. The third kappa shape index (κ3) is 6.17. The molecule has 202 valence electrons. The van der Waals surface area contributed by atoms with E-state index in [-0.39, 0.29) is 10.7 Å². The Morgan fingerprint density at radius 2 is 1.62 bits per heavy atom. The fourth-order valence-electron chi connectivity index (χ4n) is 4.03. The summed E-state index contributed by atoms with van der Waals surface area (Å²) in [4.78, 5) is 7.57. The van der Waals surface area contributed by atoms with Crippen molar-refractivity contribution in [2.24, 2.45) is 10.1 Å². The SMILES string of the molecule is CN(C)c1ccc(C=Nn2c(-c3ccc(F)cc3)csc2=Nc2ccc(S(=O)(=O)N3CCOCC3)cc2)cc1. The normalized spacial score (nSPS) is 15.2. The Hall–Kier alpha value is -3.64. The first kappa shape index (κ1) is 26.9. The summed E-state index contributed by atoms with van der Waals surface area (Å²) in [7, 11) is 0.376. The topological polar surface area (TPSA) is 79.5 Å². The highest BCUT2D eigenvalue weighted by molar-refractivity contribution is 7.89. The Morgan fingerprint density at radius 1 is 0.949 bits per heavy atom. The minimum atomic E-state index is -3.59. The summed E-state index contributed by atoms with van der Waals surface area (Å²) in [5.74, 6) is -0.318. The van der Waals surface area contributed by atoms with E-state index in [0.717, 1.165) is 22.5 Å². The molecule has 1 saturated heterocycles. The van der Waals surface area contributed by atoms with E-state index >= 15 is 0 Å². The maximum atomic E-state index is 13.6. The second-order valence-electron chi connectivity index (χ2n) is 9.07. The van der Waals surface area contributed by atoms with Crippen molar-refractivity contribution in [2.45, 2.75) is 4.90 Å². The van der Waals surface area contributed by atoms with Crippen molar-refractivity contribution in [2.75, 3.05) is 45.3 Å². The van der Waals surface area contributed by atoms with Crippen molar-refractivity contribution >= 4 is 38.9 Å². The Kier molecular flexibility index (Phi) is 8.03. The number of rotatable bonds is 7. The zero-order valence-electron chi connectivity index (χ0n) is 21.6. The number of hydrogen-bond donors (Lipinski definition) is 0. The molecule has 1 aliphatic heterocycles. The number of benzene rings is 3. The molecule has 0 aliphatic carbocycles. The first-order valence-corrected chi connectivity index (χ1v) is 14.6. The van der Waals surface area contributed by atoms with Gasteiger partial charge in [0.2, 0.25) is 14.8 Å². The van der Waals surface area contributed by atoms with Gasteiger partial charge >= 0.3 is 0 Å². The number of hydrogen-bond acceptors (Lipinski definition) is 7. The van der Waals surface area contributed by atoms with Gasteiger partial charge in [-0.25, -0.2) is 22.5 Å². The number of anilines is 1. The number of thiazole rings is 1. The van der Waals surface area contributed by atoms with Crippen LogP contribution in [-0.4, -0.2) is 64.0 Å². The smallest absolute Gasteiger partial charge is 0.243 e. The number of morpholine rings is 1. The van der Waals surface area contributed by atoms with Gasteiger partial charge in [-0.2, -0.15) is 9.41 Å². The summed E-state index contributed by atoms with van der Waals surface area (Å²) in [5.41, 5.74) is 4.13. The van der Waals surface area contributed by atoms with Crippen molar-refractivity contribution in [3.63, 3.8) is 0 Å². The van der Waals surface area contributed by atoms with Crippen molar-refractivity contribution in [1.29, 1.82) is 0 Å². The molecule has 8 nitrogen and oxygen atoms in total. The van der Waals surface area contributed by atoms with Gasteiger partial charge < -0.3 is 9.64 Å². The van der Waals surface area contributed by atoms with E-state index in [2.05, 4.69) is 0 Å². The van der Waals surface area contributed by atoms with Gasteiger partial charge in [-0.05, 0) is 66.2 Å². The quantitative estimate of drug-likeness (QED) is 0.308. The van der Waals surface area contributed by atoms with Gasteiger partial charge in [-0.15, -0.1) is 11.3 Å². The zero-order valence-corrected chi connectivity index (χ0v) is 23.2. The molecule has 0 atom stereocenters. The molecule has 3 aromatic carbocycles. The second-order valence-corrected chi connectivity index (χ2v) is 11.8. The van der Waals surface area contributed by atoms with Crippen molar-refractivity contribution < 1.29 is 17.5 Å². The van der Waals surface area contributed by atoms with Crippen LogP contribution < -0.4 is 9.70 Å². The summed E-state index contributed by atoms with van der Waals surface area (Å²) in [6.45, 7) is 1.46. The zero-order chi connectivity index (χ0) is 27.4. The molecule has 1 fully saturated rings. The van der Waals surface area contributed by atoms with Gasteiger partial charge in [0.1, 0.15) is 5.82 Å². The highest BCUT2D eigenvalue weighted by Crippen LogP contribution is 2.23. The van der Waals surface area contributed by atoms with Crippen LogP contribution in [0.5, 0.6) is 0 Å². The number of halogens is 1. The van der Waals surface area contributed by atoms with Crippen molar-refractivity contribution in [3.05, 3.63) is 94.4 Å². The number of aromatic nitrogens is 1. The summed E-state index contributed by atoms with van der Waals surface area (Å²) >= 11 is 1.39. The van der Waals surface area contributed by atoms with Gasteiger partial charge in [-0.3, -0.25) is 0 Å². The minimum Gasteiger partial charge on any atom is -0.379 e. The van der Waals surface area contributed by atoms with Crippen LogP contribution in [0.25, 0.3) is 11.3 Å². The molecule has 5 rings (SSSR count). The fourth-order valence-corrected chi connectivity index (χ4v) is 6.29. The maximum absolute atomic E-state index is 13.6. The summed E-state index contributed by atoms with van der Waals surface area (Å²) in [5, 5.41) is 6.62. The van der Waals surface area contributed by atoms with Crippen LogP contribution in [0.4, 0.5) is 15.8 Å². The Bertz CT molecular complexity index is 1620. The molecule has 0 spiro atoms. The Balaban J connectivity index is 1.50. The van der Waals surface area contributed by atoms with Crippen LogP contribution in [0.1, 0.15) is 5.56 Å². The molecule has 2 heterocycles. The fraction of sp³-hybridized carbons (Fsp3) is 0.214. The van der Waals surface area contributed by atoms with Gasteiger partial charge in [0.05, 0.1) is 35.7 Å². The van der Waals surface area contributed by atoms with E-state index in [1.165, 1.54) is 27.8 Å². The monoisotopic (exact) mass is 565 g/mol. The average molecular weight is 566 g/mol. The van der Waals surface area contributed by atoms with E-state index in [1.54, 1.807) is 47.3 Å². The summed E-state index contributed by atoms with van der Waals surface area (Å²) < 4.78 is 47.9. The third-order valence-electron chi connectivity index (χ3n) is 6.23. The van der Waals surface area contributed by atoms with E-state index < -0.39 is 10.0 Å². The van der Waals surface area contributed by atoms with Crippen LogP contribution in [-0.2, 0) is 14.8 Å². The molecule has 0 unspecified atom stereocenters. The number of sulfonamides is 1. The number of ether oxygens (including phenoxy) is 1. The lowest BCUT2D eigenvalue weighted by Gasteiger charge is -2.26. The number of nitrogens with zero attached hydrogens (tertiary/aromatic N) is 5. The Morgan fingerprint density at radius 3 is 2.26 bits per heavy atom. The van der Waals surface area contributed by atoms with Crippen molar-refractivity contribution in [1.82, 2.24) is 8.98 Å². The van der Waals surface area contributed by atoms with E-state index in [1.807, 2.05) is 48.6 Å². The largest absolute Gasteiger partial charge is 0.379 e. The van der Waals surface area contributed by atoms with Crippen LogP contribution >= 0.6 is 11.3 Å². The Labute approximate surface area is 231 Å². The lowest BCUT2D eigenvalue weighted by molar-refractivity contribution is 0.0730. The van der Waals surface area contributed by atoms with Crippen LogP contribution in [0.3, 0.4) is 0 Å². The molecule has 1 aromatic heterocycles. The summed E-state index contributed by atoms with van der Waals surface area (Å²) in [6.07, 6.45) is 1.75. The molecule has 11 heteroatoms. The van der Waals surface area contributed by atoms with E-state index in [0.29, 0.717) is 36.8 Å². The molecule has 1 aliphatic rings. The molecule has 0 N–H and O–H groups in total. The first-order chi connectivity index (χ1) is 18.8. The van der Waals surface area contributed by atoms with E-state index in [9.17, 15) is 12.8 Å². The summed E-state index contributed by atoms with van der Waals surface area (Å²) in [6, 6.07) is 20.7. The van der Waals surface area contributed by atoms with Gasteiger partial charge in [-0.1, -0.05) is 12.1 Å². The molecule has 0 bridgehead atoms. The van der Waals surface area contributed by atoms with Crippen LogP contribution in [0.15, 0.2) is 93.2 Å². The molecule has 0 saturated carbocycles. The van der Waals surface area contributed by atoms with Crippen LogP contribution in [0.2, 0.25) is 0 Å². The highest BCUT2D eigenvalue weighted by atomic mass is 32.2. The predicted molar refractivity (Wildman–Crippen MR) is 153 cm³/mol. The van der Waals surface area contributed by atoms with E-state index in [4.69, 9.17) is 14.8 Å². The maximum Gasteiger partial charge on any atom is 0.243 e. The molecule has 4 aromatic rings. The average Bonchev–Trinajstić information content (AvgIpc) is 3.35. The lowest BCUT2D eigenvalue weighted by Crippen LogP contribution is -2.40. The van der Waals surface area contributed by atoms with Gasteiger partial charge in [0.25, 0.3) is 0 Å². The van der Waals surface area contributed by atoms with Crippen molar-refractivity contribution in [3.8, 4) is 11.3 Å².